The van der Waals surface area contributed by atoms with Crippen LogP contribution in [0.2, 0.25) is 5.02 Å². The largest absolute Gasteiger partial charge is 0.451 e. The number of likely N-dealkylation sites (N-methyl/N-ethyl adjacent to an activating group) is 2. The summed E-state index contributed by atoms with van der Waals surface area (Å²) in [6.07, 6.45) is 0.262. The van der Waals surface area contributed by atoms with Crippen molar-refractivity contribution < 1.29 is 45.6 Å². The maximum atomic E-state index is 12.8. The molecule has 0 atom stereocenters. The summed E-state index contributed by atoms with van der Waals surface area (Å²) in [4.78, 5) is 12.1. The van der Waals surface area contributed by atoms with Gasteiger partial charge in [0.05, 0.1) is 24.6 Å². The molecule has 0 fully saturated rings. The zero-order chi connectivity index (χ0) is 37.1. The van der Waals surface area contributed by atoms with Crippen molar-refractivity contribution in [1.29, 1.82) is 0 Å². The molecular formula is C32H41ClN6O10S2. The smallest absolute Gasteiger partial charge is 0.300 e. The summed E-state index contributed by atoms with van der Waals surface area (Å²) in [5.74, 6) is -0.466. The summed E-state index contributed by atoms with van der Waals surface area (Å²) in [7, 11) is -9.71. The molecule has 2 aliphatic rings. The normalized spacial score (nSPS) is 13.3. The predicted molar refractivity (Wildman–Crippen MR) is 191 cm³/mol. The second kappa shape index (κ2) is 16.0. The maximum absolute atomic E-state index is 12.8. The number of benzene rings is 3. The van der Waals surface area contributed by atoms with E-state index in [9.17, 15) is 36.2 Å². The molecule has 0 spiro atoms. The summed E-state index contributed by atoms with van der Waals surface area (Å²) >= 11 is 6.86. The summed E-state index contributed by atoms with van der Waals surface area (Å²) < 4.78 is 84.1. The van der Waals surface area contributed by atoms with Crippen molar-refractivity contribution in [3.8, 4) is 23.0 Å². The summed E-state index contributed by atoms with van der Waals surface area (Å²) in [6.45, 7) is 9.34. The van der Waals surface area contributed by atoms with Gasteiger partial charge in [-0.15, -0.1) is 0 Å². The van der Waals surface area contributed by atoms with E-state index in [0.717, 1.165) is 0 Å². The zero-order valence-electron chi connectivity index (χ0n) is 28.3. The fourth-order valence-electron chi connectivity index (χ4n) is 6.00. The van der Waals surface area contributed by atoms with Crippen molar-refractivity contribution in [2.24, 2.45) is 9.98 Å². The van der Waals surface area contributed by atoms with Crippen LogP contribution in [0.3, 0.4) is 0 Å². The van der Waals surface area contributed by atoms with Gasteiger partial charge in [-0.25, -0.2) is 9.98 Å². The number of fused-ring (bicyclic) bond motifs is 4. The van der Waals surface area contributed by atoms with Gasteiger partial charge in [-0.2, -0.15) is 16.8 Å². The predicted octanol–water partition coefficient (Wildman–Crippen LogP) is 2.96. The van der Waals surface area contributed by atoms with E-state index in [2.05, 4.69) is 20.6 Å². The van der Waals surface area contributed by atoms with E-state index in [4.69, 9.17) is 21.1 Å². The summed E-state index contributed by atoms with van der Waals surface area (Å²) in [5.41, 5.74) is 0.672. The van der Waals surface area contributed by atoms with Crippen LogP contribution in [0.4, 0.5) is 22.7 Å². The number of aliphatic hydroxyl groups excluding tert-OH is 2. The molecule has 0 aromatic heterocycles. The molecular weight excluding hydrogens is 728 g/mol. The van der Waals surface area contributed by atoms with Crippen LogP contribution in [0.1, 0.15) is 26.3 Å². The number of anilines is 2. The van der Waals surface area contributed by atoms with Crippen LogP contribution in [0.25, 0.3) is 0 Å². The highest BCUT2D eigenvalue weighted by molar-refractivity contribution is 7.86. The lowest BCUT2D eigenvalue weighted by atomic mass is 10.1. The van der Waals surface area contributed by atoms with Gasteiger partial charge < -0.3 is 30.3 Å². The fraction of sp³-hybridized carbons (Fsp3) is 0.438. The minimum absolute atomic E-state index is 0.0303. The molecule has 0 amide bonds. The average Bonchev–Trinajstić information content (AvgIpc) is 3.08. The first-order valence-electron chi connectivity index (χ1n) is 16.4. The third-order valence-electron chi connectivity index (χ3n) is 8.54. The number of halogens is 1. The molecule has 2 heterocycles. The van der Waals surface area contributed by atoms with Gasteiger partial charge in [-0.3, -0.25) is 18.9 Å². The molecule has 5 rings (SSSR count). The molecule has 0 bridgehead atoms. The van der Waals surface area contributed by atoms with Crippen molar-refractivity contribution in [1.82, 2.24) is 9.80 Å². The second-order valence-corrected chi connectivity index (χ2v) is 14.7. The number of nitrogens with zero attached hydrogens (tertiary/aromatic N) is 4. The van der Waals surface area contributed by atoms with E-state index in [-0.39, 0.29) is 87.7 Å². The van der Waals surface area contributed by atoms with E-state index in [0.29, 0.717) is 51.4 Å². The molecule has 16 nitrogen and oxygen atoms in total. The topological polar surface area (TPSA) is 223 Å². The van der Waals surface area contributed by atoms with Crippen LogP contribution in [0.5, 0.6) is 23.0 Å². The van der Waals surface area contributed by atoms with Crippen molar-refractivity contribution in [2.45, 2.75) is 37.0 Å². The molecule has 0 aliphatic carbocycles. The van der Waals surface area contributed by atoms with Gasteiger partial charge >= 0.3 is 0 Å². The van der Waals surface area contributed by atoms with Gasteiger partial charge in [0, 0.05) is 44.8 Å². The number of aliphatic hydroxyl groups is 2. The number of hydrogen-bond acceptors (Lipinski definition) is 14. The third kappa shape index (κ3) is 8.08. The van der Waals surface area contributed by atoms with Crippen LogP contribution in [0, 0.1) is 0 Å². The Hall–Kier alpha value is -3.59. The van der Waals surface area contributed by atoms with Gasteiger partial charge in [0.2, 0.25) is 0 Å². The van der Waals surface area contributed by atoms with Crippen LogP contribution in [0.15, 0.2) is 44.0 Å². The third-order valence-corrected chi connectivity index (χ3v) is 10.7. The SMILES string of the molecule is CCc1c2c(c(Cl)c3c1=Nc1ccc(NCCN(CC)CCO)c(S(=O)(=O)O)c1O3)=Nc1ccc(NCCN(CC)CCO)c(S(=O)(=O)O)c1O2. The van der Waals surface area contributed by atoms with Crippen LogP contribution < -0.4 is 30.8 Å². The number of ether oxygens (including phenoxy) is 2. The standard InChI is InChI=1S/C32H41ClN6O10S2/c1-4-19-25-30(49-29-20(36-25)7-9-23(32(29)51(45,46)47)35-12-14-39(6-3)16-18-41)24(33)26-27(19)48-28-21(37-26)8-10-22(31(28)50(42,43)44)34-11-13-38(5-2)15-17-40/h7-10,34-35,40-41H,4-6,11-18H2,1-3H3,(H,42,43,44)(H,45,46,47). The van der Waals surface area contributed by atoms with Crippen LogP contribution in [-0.4, -0.2) is 112 Å². The highest BCUT2D eigenvalue weighted by Crippen LogP contribution is 2.48. The van der Waals surface area contributed by atoms with E-state index in [1.54, 1.807) is 6.92 Å². The quantitative estimate of drug-likeness (QED) is 0.0749. The van der Waals surface area contributed by atoms with Crippen LogP contribution in [-0.2, 0) is 26.7 Å². The highest BCUT2D eigenvalue weighted by Gasteiger charge is 2.34. The molecule has 19 heteroatoms. The van der Waals surface area contributed by atoms with Crippen molar-refractivity contribution >= 4 is 54.6 Å². The monoisotopic (exact) mass is 768 g/mol. The Morgan fingerprint density at radius 1 is 0.686 bits per heavy atom. The van der Waals surface area contributed by atoms with Gasteiger partial charge in [0.15, 0.2) is 32.8 Å². The Balaban J connectivity index is 1.59. The molecule has 3 aromatic rings. The minimum atomic E-state index is -4.86. The lowest BCUT2D eigenvalue weighted by Gasteiger charge is -2.25. The Bertz CT molecular complexity index is 2150. The molecule has 278 valence electrons. The van der Waals surface area contributed by atoms with E-state index < -0.39 is 30.0 Å². The summed E-state index contributed by atoms with van der Waals surface area (Å²) in [6, 6.07) is 5.90. The maximum Gasteiger partial charge on any atom is 0.300 e. The van der Waals surface area contributed by atoms with Gasteiger partial charge in [0.1, 0.15) is 27.1 Å². The Labute approximate surface area is 300 Å². The molecule has 3 aromatic carbocycles. The first-order chi connectivity index (χ1) is 24.3. The van der Waals surface area contributed by atoms with Gasteiger partial charge in [0.25, 0.3) is 20.2 Å². The Morgan fingerprint density at radius 3 is 1.55 bits per heavy atom. The number of nitrogens with one attached hydrogen (secondary N) is 2. The lowest BCUT2D eigenvalue weighted by molar-refractivity contribution is 0.206. The number of hydrogen-bond donors (Lipinski definition) is 6. The van der Waals surface area contributed by atoms with Crippen molar-refractivity contribution in [3.05, 3.63) is 45.6 Å². The molecule has 0 saturated carbocycles. The molecule has 6 N–H and O–H groups in total. The van der Waals surface area contributed by atoms with E-state index >= 15 is 0 Å². The molecule has 2 aliphatic heterocycles. The molecule has 51 heavy (non-hydrogen) atoms. The van der Waals surface area contributed by atoms with Gasteiger partial charge in [-0.1, -0.05) is 32.4 Å². The first kappa shape index (κ1) is 38.6. The van der Waals surface area contributed by atoms with Crippen LogP contribution >= 0.6 is 11.6 Å². The molecule has 0 unspecified atom stereocenters. The van der Waals surface area contributed by atoms with Crippen molar-refractivity contribution in [2.75, 3.05) is 76.2 Å². The molecule has 0 saturated heterocycles. The van der Waals surface area contributed by atoms with E-state index in [1.165, 1.54) is 24.3 Å². The highest BCUT2D eigenvalue weighted by atomic mass is 35.5. The van der Waals surface area contributed by atoms with Gasteiger partial charge in [-0.05, 0) is 43.8 Å². The number of rotatable bonds is 17. The lowest BCUT2D eigenvalue weighted by Crippen LogP contribution is -2.31. The fourth-order valence-corrected chi connectivity index (χ4v) is 7.85. The zero-order valence-corrected chi connectivity index (χ0v) is 30.7. The van der Waals surface area contributed by atoms with E-state index in [1.807, 2.05) is 23.6 Å². The summed E-state index contributed by atoms with van der Waals surface area (Å²) in [5, 5.41) is 24.7. The Kier molecular flexibility index (Phi) is 12.1. The Morgan fingerprint density at radius 2 is 1.14 bits per heavy atom. The second-order valence-electron chi connectivity index (χ2n) is 11.6. The average molecular weight is 769 g/mol. The molecule has 0 radical (unpaired) electrons. The van der Waals surface area contributed by atoms with Crippen molar-refractivity contribution in [3.63, 3.8) is 0 Å². The minimum Gasteiger partial charge on any atom is -0.451 e. The first-order valence-corrected chi connectivity index (χ1v) is 19.6.